The van der Waals surface area contributed by atoms with E-state index in [9.17, 15) is 0 Å². The summed E-state index contributed by atoms with van der Waals surface area (Å²) in [6, 6.07) is 19.4. The van der Waals surface area contributed by atoms with Crippen molar-refractivity contribution < 1.29 is 14.5 Å². The molecule has 0 aromatic heterocycles. The summed E-state index contributed by atoms with van der Waals surface area (Å²) in [5.41, 5.74) is 2.86. The van der Waals surface area contributed by atoms with Gasteiger partial charge in [0.05, 0.1) is 7.11 Å². The van der Waals surface area contributed by atoms with Gasteiger partial charge in [-0.2, -0.15) is 0 Å². The molecule has 0 amide bonds. The monoisotopic (exact) mass is 298 g/mol. The lowest BCUT2D eigenvalue weighted by atomic mass is 10.1. The quantitative estimate of drug-likeness (QED) is 0.806. The Balaban J connectivity index is 1.47. The third-order valence-electron chi connectivity index (χ3n) is 4.57. The first-order chi connectivity index (χ1) is 10.8. The molecule has 2 aromatic carbocycles. The van der Waals surface area contributed by atoms with Crippen molar-refractivity contribution in [1.82, 2.24) is 0 Å². The topological polar surface area (TPSA) is 18.1 Å². The second kappa shape index (κ2) is 7.43. The number of ether oxygens (including phenoxy) is 1. The Morgan fingerprint density at radius 1 is 0.727 bits per heavy atom. The number of hydrogen-bond acceptors (Lipinski definition) is 1. The lowest BCUT2D eigenvalue weighted by molar-refractivity contribution is -1.02. The van der Waals surface area contributed by atoms with Crippen molar-refractivity contribution in [3.05, 3.63) is 65.7 Å². The highest BCUT2D eigenvalue weighted by atomic mass is 16.5. The average Bonchev–Trinajstić information content (AvgIpc) is 2.58. The van der Waals surface area contributed by atoms with Gasteiger partial charge >= 0.3 is 0 Å². The maximum atomic E-state index is 5.22. The predicted octanol–water partition coefficient (Wildman–Crippen LogP) is 0.179. The molecule has 1 fully saturated rings. The lowest BCUT2D eigenvalue weighted by Crippen LogP contribution is -3.27. The zero-order valence-electron chi connectivity index (χ0n) is 13.3. The molecule has 2 N–H and O–H groups in total. The van der Waals surface area contributed by atoms with E-state index in [1.165, 1.54) is 37.3 Å². The molecule has 0 radical (unpaired) electrons. The van der Waals surface area contributed by atoms with Gasteiger partial charge in [-0.25, -0.2) is 0 Å². The summed E-state index contributed by atoms with van der Waals surface area (Å²) in [4.78, 5) is 3.41. The first-order valence-electron chi connectivity index (χ1n) is 8.17. The zero-order chi connectivity index (χ0) is 15.2. The van der Waals surface area contributed by atoms with E-state index in [2.05, 4.69) is 54.6 Å². The highest BCUT2D eigenvalue weighted by Crippen LogP contribution is 2.10. The van der Waals surface area contributed by atoms with Gasteiger partial charge in [-0.05, 0) is 24.3 Å². The summed E-state index contributed by atoms with van der Waals surface area (Å²) in [7, 11) is 1.72. The van der Waals surface area contributed by atoms with E-state index in [1.54, 1.807) is 16.9 Å². The van der Waals surface area contributed by atoms with Crippen LogP contribution in [-0.4, -0.2) is 33.3 Å². The molecule has 116 valence electrons. The standard InChI is InChI=1S/C19H24N2O/c1-22-19-9-7-18(8-10-19)16-21-13-11-20(12-14-21)15-17-5-3-2-4-6-17/h2-10H,11-16H2,1H3/p+2. The molecule has 1 saturated heterocycles. The van der Waals surface area contributed by atoms with Gasteiger partial charge in [0.25, 0.3) is 0 Å². The fourth-order valence-corrected chi connectivity index (χ4v) is 3.23. The van der Waals surface area contributed by atoms with Gasteiger partial charge in [0.1, 0.15) is 45.0 Å². The highest BCUT2D eigenvalue weighted by Gasteiger charge is 2.22. The maximum absolute atomic E-state index is 5.22. The van der Waals surface area contributed by atoms with E-state index in [-0.39, 0.29) is 0 Å². The molecule has 0 spiro atoms. The molecule has 2 aromatic rings. The summed E-state index contributed by atoms with van der Waals surface area (Å²) in [6.07, 6.45) is 0. The maximum Gasteiger partial charge on any atom is 0.127 e. The van der Waals surface area contributed by atoms with Crippen LogP contribution in [0.25, 0.3) is 0 Å². The van der Waals surface area contributed by atoms with Gasteiger partial charge in [-0.3, -0.25) is 0 Å². The Kier molecular flexibility index (Phi) is 5.09. The Morgan fingerprint density at radius 3 is 1.73 bits per heavy atom. The van der Waals surface area contributed by atoms with Gasteiger partial charge in [0.2, 0.25) is 0 Å². The number of piperazine rings is 1. The zero-order valence-corrected chi connectivity index (χ0v) is 13.3. The van der Waals surface area contributed by atoms with Crippen molar-refractivity contribution in [3.63, 3.8) is 0 Å². The number of quaternary nitrogens is 2. The van der Waals surface area contributed by atoms with Crippen LogP contribution in [0.5, 0.6) is 5.75 Å². The van der Waals surface area contributed by atoms with Crippen LogP contribution in [0.1, 0.15) is 11.1 Å². The van der Waals surface area contributed by atoms with Gasteiger partial charge in [-0.1, -0.05) is 30.3 Å². The molecular formula is C19H26N2O+2. The smallest absolute Gasteiger partial charge is 0.127 e. The van der Waals surface area contributed by atoms with Crippen molar-refractivity contribution in [2.24, 2.45) is 0 Å². The Morgan fingerprint density at radius 2 is 1.23 bits per heavy atom. The number of methoxy groups -OCH3 is 1. The van der Waals surface area contributed by atoms with Crippen LogP contribution in [0.4, 0.5) is 0 Å². The van der Waals surface area contributed by atoms with E-state index in [0.29, 0.717) is 0 Å². The fraction of sp³-hybridized carbons (Fsp3) is 0.368. The molecule has 3 nitrogen and oxygen atoms in total. The van der Waals surface area contributed by atoms with E-state index in [0.717, 1.165) is 18.8 Å². The van der Waals surface area contributed by atoms with Crippen LogP contribution in [-0.2, 0) is 13.1 Å². The molecule has 0 saturated carbocycles. The molecule has 1 aliphatic heterocycles. The van der Waals surface area contributed by atoms with Crippen LogP contribution < -0.4 is 14.5 Å². The highest BCUT2D eigenvalue weighted by molar-refractivity contribution is 5.26. The first-order valence-corrected chi connectivity index (χ1v) is 8.17. The number of hydrogen-bond donors (Lipinski definition) is 2. The van der Waals surface area contributed by atoms with E-state index < -0.39 is 0 Å². The van der Waals surface area contributed by atoms with Crippen LogP contribution in [0.3, 0.4) is 0 Å². The SMILES string of the molecule is COc1ccc(C[NH+]2CC[NH+](Cc3ccccc3)CC2)cc1. The number of rotatable bonds is 5. The predicted molar refractivity (Wildman–Crippen MR) is 88.2 cm³/mol. The summed E-state index contributed by atoms with van der Waals surface area (Å²) < 4.78 is 5.22. The fourth-order valence-electron chi connectivity index (χ4n) is 3.23. The Bertz CT molecular complexity index is 560. The second-order valence-corrected chi connectivity index (χ2v) is 6.19. The molecule has 3 heteroatoms. The van der Waals surface area contributed by atoms with Crippen LogP contribution >= 0.6 is 0 Å². The van der Waals surface area contributed by atoms with Gasteiger partial charge in [-0.15, -0.1) is 0 Å². The number of nitrogens with one attached hydrogen (secondary N) is 2. The summed E-state index contributed by atoms with van der Waals surface area (Å²) >= 11 is 0. The molecule has 0 unspecified atom stereocenters. The minimum absolute atomic E-state index is 0.941. The molecule has 0 atom stereocenters. The molecule has 22 heavy (non-hydrogen) atoms. The largest absolute Gasteiger partial charge is 0.497 e. The van der Waals surface area contributed by atoms with Crippen molar-refractivity contribution >= 4 is 0 Å². The summed E-state index contributed by atoms with van der Waals surface area (Å²) in [5, 5.41) is 0. The molecular weight excluding hydrogens is 272 g/mol. The molecule has 0 aliphatic carbocycles. The van der Waals surface area contributed by atoms with Crippen LogP contribution in [0.15, 0.2) is 54.6 Å². The van der Waals surface area contributed by atoms with Crippen molar-refractivity contribution in [3.8, 4) is 5.75 Å². The molecule has 0 bridgehead atoms. The van der Waals surface area contributed by atoms with E-state index in [1.807, 2.05) is 0 Å². The van der Waals surface area contributed by atoms with Gasteiger partial charge in [0.15, 0.2) is 0 Å². The third kappa shape index (κ3) is 4.09. The summed E-state index contributed by atoms with van der Waals surface area (Å²) in [5.74, 6) is 0.941. The average molecular weight is 298 g/mol. The minimum atomic E-state index is 0.941. The van der Waals surface area contributed by atoms with E-state index in [4.69, 9.17) is 4.74 Å². The normalized spacial score (nSPS) is 21.5. The number of benzene rings is 2. The second-order valence-electron chi connectivity index (χ2n) is 6.19. The lowest BCUT2D eigenvalue weighted by Gasteiger charge is -2.29. The van der Waals surface area contributed by atoms with Gasteiger partial charge < -0.3 is 14.5 Å². The first kappa shape index (κ1) is 15.1. The van der Waals surface area contributed by atoms with Gasteiger partial charge in [0, 0.05) is 11.1 Å². The van der Waals surface area contributed by atoms with Crippen molar-refractivity contribution in [2.45, 2.75) is 13.1 Å². The third-order valence-corrected chi connectivity index (χ3v) is 4.57. The Labute approximate surface area is 133 Å². The van der Waals surface area contributed by atoms with Crippen molar-refractivity contribution in [2.75, 3.05) is 33.3 Å². The summed E-state index contributed by atoms with van der Waals surface area (Å²) in [6.45, 7) is 7.34. The Hall–Kier alpha value is -1.84. The molecule has 1 aliphatic rings. The van der Waals surface area contributed by atoms with E-state index >= 15 is 0 Å². The van der Waals surface area contributed by atoms with Crippen molar-refractivity contribution in [1.29, 1.82) is 0 Å². The van der Waals surface area contributed by atoms with Crippen LogP contribution in [0, 0.1) is 0 Å². The van der Waals surface area contributed by atoms with Crippen LogP contribution in [0.2, 0.25) is 0 Å². The molecule has 1 heterocycles. The molecule has 3 rings (SSSR count). The minimum Gasteiger partial charge on any atom is -0.497 e.